The Bertz CT molecular complexity index is 1230. The number of aryl methyl sites for hydroxylation is 1. The van der Waals surface area contributed by atoms with E-state index in [0.717, 1.165) is 5.39 Å². The van der Waals surface area contributed by atoms with E-state index in [-0.39, 0.29) is 11.8 Å². The summed E-state index contributed by atoms with van der Waals surface area (Å²) in [5.74, 6) is 0.800. The van der Waals surface area contributed by atoms with Crippen molar-refractivity contribution in [3.05, 3.63) is 59.7 Å². The zero-order chi connectivity index (χ0) is 21.3. The smallest absolute Gasteiger partial charge is 0.227 e. The van der Waals surface area contributed by atoms with Crippen LogP contribution in [0.5, 0.6) is 5.88 Å². The number of rotatable bonds is 6. The normalized spacial score (nSPS) is 11.1. The van der Waals surface area contributed by atoms with Gasteiger partial charge < -0.3 is 15.0 Å². The van der Waals surface area contributed by atoms with Crippen molar-refractivity contribution in [3.8, 4) is 17.1 Å². The summed E-state index contributed by atoms with van der Waals surface area (Å²) in [5, 5.41) is 3.93. The molecule has 0 aliphatic carbocycles. The number of ketones is 1. The molecule has 0 bridgehead atoms. The molecule has 0 saturated carbocycles. The number of nitrogens with one attached hydrogen (secondary N) is 2. The maximum absolute atomic E-state index is 13.1. The van der Waals surface area contributed by atoms with E-state index in [1.165, 1.54) is 0 Å². The Hall–Kier alpha value is -3.81. The number of H-pyrrole nitrogens is 1. The van der Waals surface area contributed by atoms with Gasteiger partial charge in [0.05, 0.1) is 18.4 Å². The molecule has 0 radical (unpaired) electrons. The van der Waals surface area contributed by atoms with Gasteiger partial charge in [0, 0.05) is 46.8 Å². The molecule has 8 nitrogen and oxygen atoms in total. The van der Waals surface area contributed by atoms with Crippen molar-refractivity contribution in [1.82, 2.24) is 24.9 Å². The summed E-state index contributed by atoms with van der Waals surface area (Å²) in [6, 6.07) is 7.44. The van der Waals surface area contributed by atoms with Crippen LogP contribution in [0.15, 0.2) is 42.9 Å². The summed E-state index contributed by atoms with van der Waals surface area (Å²) >= 11 is 0. The molecule has 0 aliphatic rings. The fourth-order valence-corrected chi connectivity index (χ4v) is 3.27. The number of anilines is 1. The van der Waals surface area contributed by atoms with Crippen LogP contribution in [0.1, 0.15) is 35.5 Å². The number of nitrogens with zero attached hydrogens (tertiary/aromatic N) is 4. The van der Waals surface area contributed by atoms with Gasteiger partial charge in [-0.3, -0.25) is 9.78 Å². The van der Waals surface area contributed by atoms with Crippen LogP contribution in [0.2, 0.25) is 0 Å². The highest BCUT2D eigenvalue weighted by atomic mass is 16.5. The topological polar surface area (TPSA) is 106 Å². The molecule has 4 aromatic rings. The Labute approximate surface area is 173 Å². The number of carbonyl (C=O) groups excluding carboxylic acids is 1. The van der Waals surface area contributed by atoms with Crippen LogP contribution in [0, 0.1) is 6.92 Å². The molecule has 0 fully saturated rings. The minimum Gasteiger partial charge on any atom is -0.480 e. The number of aromatic nitrogens is 5. The fraction of sp³-hybridized carbons (Fsp3) is 0.227. The number of hydrogen-bond acceptors (Lipinski definition) is 7. The first-order chi connectivity index (χ1) is 14.5. The highest BCUT2D eigenvalue weighted by molar-refractivity contribution is 6.16. The van der Waals surface area contributed by atoms with E-state index >= 15 is 0 Å². The lowest BCUT2D eigenvalue weighted by molar-refractivity contribution is 0.103. The Kier molecular flexibility index (Phi) is 5.14. The Morgan fingerprint density at radius 2 is 1.97 bits per heavy atom. The average molecular weight is 402 g/mol. The van der Waals surface area contributed by atoms with Crippen molar-refractivity contribution in [1.29, 1.82) is 0 Å². The first-order valence-electron chi connectivity index (χ1n) is 9.60. The second kappa shape index (κ2) is 7.90. The van der Waals surface area contributed by atoms with Gasteiger partial charge in [-0.05, 0) is 45.0 Å². The van der Waals surface area contributed by atoms with Gasteiger partial charge in [0.2, 0.25) is 11.8 Å². The Morgan fingerprint density at radius 1 is 1.13 bits per heavy atom. The Balaban J connectivity index is 1.69. The molecule has 2 N–H and O–H groups in total. The third-order valence-corrected chi connectivity index (χ3v) is 4.67. The molecule has 0 atom stereocenters. The summed E-state index contributed by atoms with van der Waals surface area (Å²) in [4.78, 5) is 33.8. The van der Waals surface area contributed by atoms with Gasteiger partial charge in [-0.15, -0.1) is 0 Å². The van der Waals surface area contributed by atoms with Crippen molar-refractivity contribution >= 4 is 22.8 Å². The van der Waals surface area contributed by atoms with Crippen molar-refractivity contribution < 1.29 is 9.53 Å². The number of hydrogen-bond donors (Lipinski definition) is 2. The van der Waals surface area contributed by atoms with Crippen molar-refractivity contribution in [2.75, 3.05) is 12.4 Å². The molecule has 0 aromatic carbocycles. The summed E-state index contributed by atoms with van der Waals surface area (Å²) in [6.07, 6.45) is 5.04. The lowest BCUT2D eigenvalue weighted by Crippen LogP contribution is -2.13. The van der Waals surface area contributed by atoms with Gasteiger partial charge in [-0.1, -0.05) is 0 Å². The number of ether oxygens (including phenoxy) is 1. The van der Waals surface area contributed by atoms with E-state index in [0.29, 0.717) is 45.6 Å². The quantitative estimate of drug-likeness (QED) is 0.473. The van der Waals surface area contributed by atoms with E-state index in [2.05, 4.69) is 30.2 Å². The van der Waals surface area contributed by atoms with Crippen molar-refractivity contribution in [2.45, 2.75) is 26.8 Å². The van der Waals surface area contributed by atoms with Crippen LogP contribution in [0.25, 0.3) is 22.3 Å². The van der Waals surface area contributed by atoms with Crippen LogP contribution >= 0.6 is 0 Å². The van der Waals surface area contributed by atoms with E-state index in [1.807, 2.05) is 32.9 Å². The van der Waals surface area contributed by atoms with Crippen LogP contribution in [0.4, 0.5) is 5.95 Å². The third kappa shape index (κ3) is 3.59. The number of carbonyl (C=O) groups is 1. The predicted molar refractivity (Wildman–Crippen MR) is 115 cm³/mol. The fourth-order valence-electron chi connectivity index (χ4n) is 3.27. The summed E-state index contributed by atoms with van der Waals surface area (Å²) < 4.78 is 5.44. The standard InChI is InChI=1S/C22H22N6O2/c1-12(2)26-22-25-11-17(21(28-22)30-4)18-8-7-14(13(3)27-18)19(29)16-10-24-20-15(16)6-5-9-23-20/h5-12H,1-4H3,(H,23,24)(H,25,26,28). The molecule has 152 valence electrons. The zero-order valence-corrected chi connectivity index (χ0v) is 17.2. The molecule has 0 aliphatic heterocycles. The number of fused-ring (bicyclic) bond motifs is 1. The van der Waals surface area contributed by atoms with E-state index in [4.69, 9.17) is 4.74 Å². The molecular weight excluding hydrogens is 380 g/mol. The van der Waals surface area contributed by atoms with Gasteiger partial charge in [-0.25, -0.2) is 9.97 Å². The van der Waals surface area contributed by atoms with E-state index in [9.17, 15) is 4.79 Å². The van der Waals surface area contributed by atoms with Crippen LogP contribution in [0.3, 0.4) is 0 Å². The first kappa shape index (κ1) is 19.5. The van der Waals surface area contributed by atoms with E-state index < -0.39 is 0 Å². The third-order valence-electron chi connectivity index (χ3n) is 4.67. The molecular formula is C22H22N6O2. The minimum atomic E-state index is -0.106. The maximum atomic E-state index is 13.1. The van der Waals surface area contributed by atoms with Crippen molar-refractivity contribution in [3.63, 3.8) is 0 Å². The second-order valence-corrected chi connectivity index (χ2v) is 7.18. The van der Waals surface area contributed by atoms with Gasteiger partial charge >= 0.3 is 0 Å². The molecule has 0 amide bonds. The molecule has 0 unspecified atom stereocenters. The summed E-state index contributed by atoms with van der Waals surface area (Å²) in [5.41, 5.74) is 3.69. The second-order valence-electron chi connectivity index (χ2n) is 7.18. The van der Waals surface area contributed by atoms with E-state index in [1.54, 1.807) is 37.8 Å². The van der Waals surface area contributed by atoms with Gasteiger partial charge in [0.1, 0.15) is 5.65 Å². The molecule has 4 heterocycles. The lowest BCUT2D eigenvalue weighted by Gasteiger charge is -2.12. The zero-order valence-electron chi connectivity index (χ0n) is 17.2. The average Bonchev–Trinajstić information content (AvgIpc) is 3.17. The molecule has 0 spiro atoms. The van der Waals surface area contributed by atoms with Crippen molar-refractivity contribution in [2.24, 2.45) is 0 Å². The summed E-state index contributed by atoms with van der Waals surface area (Å²) in [7, 11) is 1.56. The minimum absolute atomic E-state index is 0.106. The van der Waals surface area contributed by atoms with Crippen LogP contribution in [-0.2, 0) is 0 Å². The number of aromatic amines is 1. The molecule has 0 saturated heterocycles. The Morgan fingerprint density at radius 3 is 2.70 bits per heavy atom. The molecule has 4 aromatic heterocycles. The number of pyridine rings is 2. The summed E-state index contributed by atoms with van der Waals surface area (Å²) in [6.45, 7) is 5.83. The van der Waals surface area contributed by atoms with Crippen LogP contribution in [-0.4, -0.2) is 43.9 Å². The lowest BCUT2D eigenvalue weighted by atomic mass is 10.0. The van der Waals surface area contributed by atoms with Crippen LogP contribution < -0.4 is 10.1 Å². The van der Waals surface area contributed by atoms with Gasteiger partial charge in [0.25, 0.3) is 0 Å². The largest absolute Gasteiger partial charge is 0.480 e. The monoisotopic (exact) mass is 402 g/mol. The maximum Gasteiger partial charge on any atom is 0.227 e. The first-order valence-corrected chi connectivity index (χ1v) is 9.60. The molecule has 8 heteroatoms. The SMILES string of the molecule is COc1nc(NC(C)C)ncc1-c1ccc(C(=O)c2c[nH]c3ncccc23)c(C)n1. The molecule has 4 rings (SSSR count). The molecule has 30 heavy (non-hydrogen) atoms. The number of methoxy groups -OCH3 is 1. The highest BCUT2D eigenvalue weighted by Crippen LogP contribution is 2.29. The van der Waals surface area contributed by atoms with Gasteiger partial charge in [-0.2, -0.15) is 4.98 Å². The highest BCUT2D eigenvalue weighted by Gasteiger charge is 2.19. The van der Waals surface area contributed by atoms with Gasteiger partial charge in [0.15, 0.2) is 5.78 Å². The predicted octanol–water partition coefficient (Wildman–Crippen LogP) is 3.78.